The van der Waals surface area contributed by atoms with Gasteiger partial charge in [0.25, 0.3) is 0 Å². The van der Waals surface area contributed by atoms with Gasteiger partial charge in [-0.2, -0.15) is 9.40 Å². The van der Waals surface area contributed by atoms with Crippen LogP contribution in [0.3, 0.4) is 0 Å². The van der Waals surface area contributed by atoms with Crippen molar-refractivity contribution in [3.8, 4) is 0 Å². The first-order valence-electron chi connectivity index (χ1n) is 11.1. The third-order valence-electron chi connectivity index (χ3n) is 6.37. The second-order valence-corrected chi connectivity index (χ2v) is 11.3. The van der Waals surface area contributed by atoms with E-state index in [4.69, 9.17) is 0 Å². The topological polar surface area (TPSA) is 101 Å². The molecule has 1 aromatic carbocycles. The number of fused-ring (bicyclic) bond motifs is 2. The smallest absolute Gasteiger partial charge is 0.243 e. The van der Waals surface area contributed by atoms with Gasteiger partial charge in [0.1, 0.15) is 11.4 Å². The molecule has 11 heteroatoms. The van der Waals surface area contributed by atoms with Crippen molar-refractivity contribution in [1.82, 2.24) is 29.0 Å². The highest BCUT2D eigenvalue weighted by atomic mass is 32.2. The Kier molecular flexibility index (Phi) is 6.11. The van der Waals surface area contributed by atoms with Crippen LogP contribution in [0.5, 0.6) is 0 Å². The first kappa shape index (κ1) is 22.3. The lowest BCUT2D eigenvalue weighted by atomic mass is 9.92. The minimum atomic E-state index is -3.56. The molecule has 1 amide bonds. The molecule has 33 heavy (non-hydrogen) atoms. The van der Waals surface area contributed by atoms with Gasteiger partial charge in [0.05, 0.1) is 22.2 Å². The monoisotopic (exact) mass is 486 g/mol. The van der Waals surface area contributed by atoms with Gasteiger partial charge in [-0.25, -0.2) is 18.4 Å². The molecule has 2 aliphatic rings. The molecule has 3 aromatic rings. The number of sulfonamides is 1. The van der Waals surface area contributed by atoms with E-state index in [9.17, 15) is 13.2 Å². The highest BCUT2D eigenvalue weighted by Crippen LogP contribution is 2.27. The van der Waals surface area contributed by atoms with Crippen molar-refractivity contribution in [2.24, 2.45) is 7.05 Å². The quantitative estimate of drug-likeness (QED) is 0.401. The van der Waals surface area contributed by atoms with Gasteiger partial charge in [0, 0.05) is 33.2 Å². The largest absolute Gasteiger partial charge is 0.339 e. The lowest BCUT2D eigenvalue weighted by Crippen LogP contribution is -2.51. The number of hydrogen-bond donors (Lipinski definition) is 0. The lowest BCUT2D eigenvalue weighted by Gasteiger charge is -2.34. The standard InChI is InChI=1S/C22H26N6O3S2/c1-26-21-19(13-25-26)22(24-15-23-21)32-14-20(29)27-8-10-28(11-9-27)33(30,31)18-7-6-16-4-2-3-5-17(16)12-18/h6-7,12-13,15H,2-5,8-11,14H2,1H3. The van der Waals surface area contributed by atoms with Crippen molar-refractivity contribution in [2.45, 2.75) is 35.6 Å². The summed E-state index contributed by atoms with van der Waals surface area (Å²) in [6.07, 6.45) is 7.41. The Hall–Kier alpha value is -2.50. The summed E-state index contributed by atoms with van der Waals surface area (Å²) in [5.41, 5.74) is 3.14. The number of rotatable bonds is 5. The Morgan fingerprint density at radius 2 is 1.82 bits per heavy atom. The van der Waals surface area contributed by atoms with Crippen LogP contribution in [0.1, 0.15) is 24.0 Å². The Morgan fingerprint density at radius 1 is 1.06 bits per heavy atom. The molecule has 0 unspecified atom stereocenters. The van der Waals surface area contributed by atoms with Crippen LogP contribution < -0.4 is 0 Å². The van der Waals surface area contributed by atoms with Gasteiger partial charge >= 0.3 is 0 Å². The Morgan fingerprint density at radius 3 is 2.61 bits per heavy atom. The molecule has 3 heterocycles. The van der Waals surface area contributed by atoms with Crippen molar-refractivity contribution in [3.63, 3.8) is 0 Å². The van der Waals surface area contributed by atoms with Crippen LogP contribution in [0.15, 0.2) is 40.6 Å². The molecule has 1 aliphatic heterocycles. The van der Waals surface area contributed by atoms with Crippen LogP contribution >= 0.6 is 11.8 Å². The van der Waals surface area contributed by atoms with Crippen LogP contribution in [0, 0.1) is 0 Å². The molecule has 2 aromatic heterocycles. The number of carbonyl (C=O) groups excluding carboxylic acids is 1. The molecule has 0 bridgehead atoms. The molecule has 0 saturated carbocycles. The van der Waals surface area contributed by atoms with Crippen molar-refractivity contribution in [1.29, 1.82) is 0 Å². The van der Waals surface area contributed by atoms with E-state index in [0.29, 0.717) is 31.1 Å². The Labute approximate surface area is 197 Å². The summed E-state index contributed by atoms with van der Waals surface area (Å²) in [6.45, 7) is 1.37. The minimum absolute atomic E-state index is 0.0264. The maximum absolute atomic E-state index is 13.2. The van der Waals surface area contributed by atoms with Crippen LogP contribution in [-0.4, -0.2) is 75.2 Å². The molecule has 0 spiro atoms. The number of hydrogen-bond acceptors (Lipinski definition) is 7. The minimum Gasteiger partial charge on any atom is -0.339 e. The SMILES string of the molecule is Cn1ncc2c(SCC(=O)N3CCN(S(=O)(=O)c4ccc5c(c4)CCCC5)CC3)ncnc21. The summed E-state index contributed by atoms with van der Waals surface area (Å²) in [4.78, 5) is 23.4. The summed E-state index contributed by atoms with van der Waals surface area (Å²) in [7, 11) is -1.75. The molecule has 0 atom stereocenters. The summed E-state index contributed by atoms with van der Waals surface area (Å²) in [6, 6.07) is 5.54. The van der Waals surface area contributed by atoms with Gasteiger partial charge in [-0.3, -0.25) is 9.48 Å². The molecule has 1 saturated heterocycles. The van der Waals surface area contributed by atoms with Crippen LogP contribution in [-0.2, 0) is 34.7 Å². The fourth-order valence-corrected chi connectivity index (χ4v) is 6.81. The third kappa shape index (κ3) is 4.36. The molecule has 5 rings (SSSR count). The van der Waals surface area contributed by atoms with E-state index in [1.165, 1.54) is 28.0 Å². The average molecular weight is 487 g/mol. The predicted molar refractivity (Wildman–Crippen MR) is 125 cm³/mol. The maximum atomic E-state index is 13.2. The number of piperazine rings is 1. The van der Waals surface area contributed by atoms with Gasteiger partial charge in [0.15, 0.2) is 5.65 Å². The van der Waals surface area contributed by atoms with Crippen LogP contribution in [0.25, 0.3) is 11.0 Å². The molecular formula is C22H26N6O3S2. The number of aryl methyl sites for hydroxylation is 3. The zero-order valence-corrected chi connectivity index (χ0v) is 20.1. The molecule has 1 fully saturated rings. The van der Waals surface area contributed by atoms with E-state index in [0.717, 1.165) is 47.3 Å². The number of benzene rings is 1. The van der Waals surface area contributed by atoms with Crippen molar-refractivity contribution < 1.29 is 13.2 Å². The molecule has 9 nitrogen and oxygen atoms in total. The van der Waals surface area contributed by atoms with E-state index in [1.807, 2.05) is 19.2 Å². The van der Waals surface area contributed by atoms with E-state index in [-0.39, 0.29) is 11.7 Å². The van der Waals surface area contributed by atoms with E-state index < -0.39 is 10.0 Å². The zero-order chi connectivity index (χ0) is 23.0. The normalized spacial score (nSPS) is 17.3. The number of amides is 1. The molecule has 174 valence electrons. The summed E-state index contributed by atoms with van der Waals surface area (Å²) in [5.74, 6) is 0.208. The van der Waals surface area contributed by atoms with Gasteiger partial charge in [0.2, 0.25) is 15.9 Å². The highest BCUT2D eigenvalue weighted by molar-refractivity contribution is 8.00. The van der Waals surface area contributed by atoms with E-state index in [1.54, 1.807) is 21.8 Å². The molecular weight excluding hydrogens is 460 g/mol. The summed E-state index contributed by atoms with van der Waals surface area (Å²) in [5, 5.41) is 5.73. The Balaban J connectivity index is 1.20. The number of thioether (sulfide) groups is 1. The molecule has 0 radical (unpaired) electrons. The highest BCUT2D eigenvalue weighted by Gasteiger charge is 2.30. The number of nitrogens with zero attached hydrogens (tertiary/aromatic N) is 6. The first-order valence-corrected chi connectivity index (χ1v) is 13.5. The number of carbonyl (C=O) groups is 1. The van der Waals surface area contributed by atoms with Gasteiger partial charge in [-0.05, 0) is 48.9 Å². The fraction of sp³-hybridized carbons (Fsp3) is 0.455. The third-order valence-corrected chi connectivity index (χ3v) is 9.26. The fourth-order valence-electron chi connectivity index (χ4n) is 4.47. The number of aromatic nitrogens is 4. The first-order chi connectivity index (χ1) is 15.9. The second-order valence-electron chi connectivity index (χ2n) is 8.40. The van der Waals surface area contributed by atoms with Gasteiger partial charge < -0.3 is 4.90 Å². The van der Waals surface area contributed by atoms with Crippen molar-refractivity contribution in [2.75, 3.05) is 31.9 Å². The molecule has 0 N–H and O–H groups in total. The lowest BCUT2D eigenvalue weighted by molar-refractivity contribution is -0.129. The van der Waals surface area contributed by atoms with Gasteiger partial charge in [-0.1, -0.05) is 17.8 Å². The van der Waals surface area contributed by atoms with E-state index in [2.05, 4.69) is 15.1 Å². The zero-order valence-electron chi connectivity index (χ0n) is 18.5. The van der Waals surface area contributed by atoms with Crippen molar-refractivity contribution in [3.05, 3.63) is 41.9 Å². The van der Waals surface area contributed by atoms with Gasteiger partial charge in [-0.15, -0.1) is 0 Å². The van der Waals surface area contributed by atoms with E-state index >= 15 is 0 Å². The maximum Gasteiger partial charge on any atom is 0.243 e. The van der Waals surface area contributed by atoms with Crippen LogP contribution in [0.4, 0.5) is 0 Å². The summed E-state index contributed by atoms with van der Waals surface area (Å²) >= 11 is 1.35. The second kappa shape index (κ2) is 9.03. The average Bonchev–Trinajstić information content (AvgIpc) is 3.23. The predicted octanol–water partition coefficient (Wildman–Crippen LogP) is 1.87. The summed E-state index contributed by atoms with van der Waals surface area (Å²) < 4.78 is 29.5. The molecule has 1 aliphatic carbocycles. The van der Waals surface area contributed by atoms with Crippen LogP contribution in [0.2, 0.25) is 0 Å². The Bertz CT molecular complexity index is 1300. The van der Waals surface area contributed by atoms with Crippen molar-refractivity contribution >= 4 is 38.7 Å².